The van der Waals surface area contributed by atoms with Crippen molar-refractivity contribution < 1.29 is 13.2 Å². The summed E-state index contributed by atoms with van der Waals surface area (Å²) < 4.78 is 23.0. The maximum atomic E-state index is 12.5. The largest absolute Gasteiger partial charge is 0.331 e. The number of hydrogen-bond donors (Lipinski definition) is 1. The molecule has 0 bridgehead atoms. The molecule has 3 rings (SSSR count). The Morgan fingerprint density at radius 2 is 1.67 bits per heavy atom. The van der Waals surface area contributed by atoms with E-state index in [1.807, 2.05) is 11.8 Å². The van der Waals surface area contributed by atoms with Gasteiger partial charge in [-0.15, -0.1) is 0 Å². The monoisotopic (exact) mass is 348 g/mol. The zero-order valence-corrected chi connectivity index (χ0v) is 14.9. The summed E-state index contributed by atoms with van der Waals surface area (Å²) in [5.74, 6) is 1.18. The van der Waals surface area contributed by atoms with Crippen molar-refractivity contribution in [1.82, 2.24) is 10.2 Å². The van der Waals surface area contributed by atoms with Gasteiger partial charge >= 0.3 is 6.03 Å². The Labute approximate surface area is 143 Å². The molecule has 0 radical (unpaired) electrons. The molecule has 5 nitrogen and oxygen atoms in total. The molecule has 1 saturated heterocycles. The first-order valence-corrected chi connectivity index (χ1v) is 10.2. The molecule has 2 amide bonds. The Kier molecular flexibility index (Phi) is 4.67. The van der Waals surface area contributed by atoms with Crippen LogP contribution in [0.4, 0.5) is 4.79 Å². The highest BCUT2D eigenvalue weighted by Crippen LogP contribution is 2.32. The van der Waals surface area contributed by atoms with Gasteiger partial charge < -0.3 is 10.2 Å². The zero-order valence-electron chi connectivity index (χ0n) is 14.1. The van der Waals surface area contributed by atoms with E-state index < -0.39 is 9.84 Å². The van der Waals surface area contributed by atoms with Gasteiger partial charge in [-0.2, -0.15) is 0 Å². The summed E-state index contributed by atoms with van der Waals surface area (Å²) in [6.45, 7) is 3.55. The molecule has 3 atom stereocenters. The first-order valence-electron chi connectivity index (χ1n) is 8.35. The molecular weight excluding hydrogens is 324 g/mol. The van der Waals surface area contributed by atoms with Gasteiger partial charge in [0, 0.05) is 19.3 Å². The number of carbonyl (C=O) groups excluding carboxylic acids is 1. The first kappa shape index (κ1) is 17.0. The zero-order chi connectivity index (χ0) is 17.3. The van der Waals surface area contributed by atoms with Crippen molar-refractivity contribution >= 4 is 15.9 Å². The molecule has 0 saturated carbocycles. The van der Waals surface area contributed by atoms with E-state index >= 15 is 0 Å². The van der Waals surface area contributed by atoms with E-state index in [1.165, 1.54) is 6.26 Å². The fourth-order valence-electron chi connectivity index (χ4n) is 3.54. The first-order chi connectivity index (χ1) is 11.3. The number of allylic oxidation sites excluding steroid dienone is 2. The Morgan fingerprint density at radius 1 is 1.12 bits per heavy atom. The van der Waals surface area contributed by atoms with Crippen LogP contribution in [0, 0.1) is 11.8 Å². The van der Waals surface area contributed by atoms with Crippen molar-refractivity contribution in [3.8, 4) is 0 Å². The van der Waals surface area contributed by atoms with Gasteiger partial charge in [-0.25, -0.2) is 13.2 Å². The van der Waals surface area contributed by atoms with Crippen molar-refractivity contribution in [2.45, 2.75) is 30.7 Å². The third-order valence-corrected chi connectivity index (χ3v) is 6.18. The van der Waals surface area contributed by atoms with Crippen molar-refractivity contribution in [3.05, 3.63) is 42.0 Å². The van der Waals surface area contributed by atoms with E-state index in [0.29, 0.717) is 16.7 Å². The van der Waals surface area contributed by atoms with Crippen molar-refractivity contribution in [2.75, 3.05) is 19.3 Å². The molecule has 6 heteroatoms. The third-order valence-electron chi connectivity index (χ3n) is 5.06. The molecule has 1 aromatic carbocycles. The van der Waals surface area contributed by atoms with Crippen LogP contribution in [0.15, 0.2) is 41.3 Å². The van der Waals surface area contributed by atoms with E-state index in [1.54, 1.807) is 24.3 Å². The molecule has 1 fully saturated rings. The quantitative estimate of drug-likeness (QED) is 0.854. The molecule has 130 valence electrons. The fourth-order valence-corrected chi connectivity index (χ4v) is 4.17. The smallest absolute Gasteiger partial charge is 0.317 e. The summed E-state index contributed by atoms with van der Waals surface area (Å²) in [5, 5.41) is 3.02. The third kappa shape index (κ3) is 3.64. The van der Waals surface area contributed by atoms with E-state index in [2.05, 4.69) is 17.5 Å². The van der Waals surface area contributed by atoms with Crippen LogP contribution in [-0.2, 0) is 9.84 Å². The summed E-state index contributed by atoms with van der Waals surface area (Å²) in [4.78, 5) is 14.7. The van der Waals surface area contributed by atoms with Crippen LogP contribution < -0.4 is 5.32 Å². The van der Waals surface area contributed by atoms with Gasteiger partial charge in [0.25, 0.3) is 0 Å². The lowest BCUT2D eigenvalue weighted by Crippen LogP contribution is -2.39. The molecule has 1 heterocycles. The number of amides is 2. The van der Waals surface area contributed by atoms with Crippen LogP contribution in [0.1, 0.15) is 31.4 Å². The van der Waals surface area contributed by atoms with E-state index in [4.69, 9.17) is 0 Å². The van der Waals surface area contributed by atoms with Gasteiger partial charge in [-0.05, 0) is 49.3 Å². The Balaban J connectivity index is 1.60. The lowest BCUT2D eigenvalue weighted by molar-refractivity contribution is 0.203. The maximum Gasteiger partial charge on any atom is 0.317 e. The summed E-state index contributed by atoms with van der Waals surface area (Å²) in [6, 6.07) is 6.49. The predicted molar refractivity (Wildman–Crippen MR) is 93.4 cm³/mol. The number of nitrogens with one attached hydrogen (secondary N) is 1. The number of sulfone groups is 1. The lowest BCUT2D eigenvalue weighted by atomic mass is 9.86. The average Bonchev–Trinajstić information content (AvgIpc) is 2.98. The molecule has 1 aromatic rings. The number of urea groups is 1. The molecule has 0 unspecified atom stereocenters. The Bertz CT molecular complexity index is 724. The molecule has 0 spiro atoms. The molecule has 1 aliphatic heterocycles. The number of rotatable bonds is 3. The van der Waals surface area contributed by atoms with Gasteiger partial charge in [-0.1, -0.05) is 24.3 Å². The maximum absolute atomic E-state index is 12.5. The number of likely N-dealkylation sites (tertiary alicyclic amines) is 1. The second-order valence-corrected chi connectivity index (χ2v) is 8.90. The molecule has 2 aliphatic rings. The SMILES string of the molecule is C[C@H](NC(=O)N1C[C@H]2CC=CC[C@@H]2C1)c1ccc(S(C)(=O)=O)cc1. The number of hydrogen-bond acceptors (Lipinski definition) is 3. The summed E-state index contributed by atoms with van der Waals surface area (Å²) in [6.07, 6.45) is 7.76. The van der Waals surface area contributed by atoms with Crippen LogP contribution in [0.2, 0.25) is 0 Å². The normalized spacial score (nSPS) is 24.5. The summed E-state index contributed by atoms with van der Waals surface area (Å²) in [5.41, 5.74) is 0.897. The van der Waals surface area contributed by atoms with Gasteiger partial charge in [0.2, 0.25) is 0 Å². The minimum atomic E-state index is -3.20. The van der Waals surface area contributed by atoms with Crippen molar-refractivity contribution in [3.63, 3.8) is 0 Å². The highest BCUT2D eigenvalue weighted by atomic mass is 32.2. The minimum Gasteiger partial charge on any atom is -0.331 e. The second kappa shape index (κ2) is 6.59. The van der Waals surface area contributed by atoms with Crippen LogP contribution in [0.3, 0.4) is 0 Å². The van der Waals surface area contributed by atoms with E-state index in [9.17, 15) is 13.2 Å². The van der Waals surface area contributed by atoms with Gasteiger partial charge in [0.15, 0.2) is 9.84 Å². The average molecular weight is 348 g/mol. The Morgan fingerprint density at radius 3 is 2.17 bits per heavy atom. The summed E-state index contributed by atoms with van der Waals surface area (Å²) in [7, 11) is -3.20. The fraction of sp³-hybridized carbons (Fsp3) is 0.500. The van der Waals surface area contributed by atoms with Crippen LogP contribution in [-0.4, -0.2) is 38.7 Å². The number of benzene rings is 1. The van der Waals surface area contributed by atoms with Gasteiger partial charge in [-0.3, -0.25) is 0 Å². The molecular formula is C18H24N2O3S. The van der Waals surface area contributed by atoms with Crippen LogP contribution in [0.5, 0.6) is 0 Å². The highest BCUT2D eigenvalue weighted by Gasteiger charge is 2.35. The minimum absolute atomic E-state index is 0.0379. The van der Waals surface area contributed by atoms with Crippen molar-refractivity contribution in [2.24, 2.45) is 11.8 Å². The standard InChI is InChI=1S/C18H24N2O3S/c1-13(14-7-9-17(10-8-14)24(2,22)23)19-18(21)20-11-15-5-3-4-6-16(15)12-20/h3-4,7-10,13,15-16H,5-6,11-12H2,1-2H3,(H,19,21)/t13-,15+,16+/m0/s1. The van der Waals surface area contributed by atoms with Gasteiger partial charge in [0.1, 0.15) is 0 Å². The van der Waals surface area contributed by atoms with E-state index in [-0.39, 0.29) is 12.1 Å². The van der Waals surface area contributed by atoms with Crippen LogP contribution in [0.25, 0.3) is 0 Å². The predicted octanol–water partition coefficient (Wildman–Crippen LogP) is 2.76. The van der Waals surface area contributed by atoms with Gasteiger partial charge in [0.05, 0.1) is 10.9 Å². The number of fused-ring (bicyclic) bond motifs is 1. The molecule has 0 aromatic heterocycles. The topological polar surface area (TPSA) is 66.5 Å². The lowest BCUT2D eigenvalue weighted by Gasteiger charge is -2.21. The highest BCUT2D eigenvalue weighted by molar-refractivity contribution is 7.90. The summed E-state index contributed by atoms with van der Waals surface area (Å²) >= 11 is 0. The van der Waals surface area contributed by atoms with E-state index in [0.717, 1.165) is 31.5 Å². The van der Waals surface area contributed by atoms with Crippen molar-refractivity contribution in [1.29, 1.82) is 0 Å². The molecule has 1 N–H and O–H groups in total. The Hall–Kier alpha value is -1.82. The van der Waals surface area contributed by atoms with Crippen LogP contribution >= 0.6 is 0 Å². The second-order valence-electron chi connectivity index (χ2n) is 6.88. The molecule has 24 heavy (non-hydrogen) atoms. The number of nitrogens with zero attached hydrogens (tertiary/aromatic N) is 1. The molecule has 1 aliphatic carbocycles. The number of carbonyl (C=O) groups is 1.